The van der Waals surface area contributed by atoms with Crippen LogP contribution in [0.1, 0.15) is 0 Å². The largest absolute Gasteiger partial charge is 0.491 e. The third-order valence-corrected chi connectivity index (χ3v) is 3.85. The van der Waals surface area contributed by atoms with Crippen molar-refractivity contribution in [2.45, 2.75) is 0 Å². The summed E-state index contributed by atoms with van der Waals surface area (Å²) in [6, 6.07) is 16.8. The van der Waals surface area contributed by atoms with Crippen molar-refractivity contribution in [3.05, 3.63) is 59.6 Å². The average molecular weight is 322 g/mol. The Balaban J connectivity index is 1.62. The molecular formula is C16H16ClNO2S. The van der Waals surface area contributed by atoms with Crippen LogP contribution in [0.3, 0.4) is 0 Å². The number of benzene rings is 2. The van der Waals surface area contributed by atoms with E-state index in [0.29, 0.717) is 23.1 Å². The first-order chi connectivity index (χ1) is 10.3. The van der Waals surface area contributed by atoms with E-state index in [9.17, 15) is 4.79 Å². The van der Waals surface area contributed by atoms with Gasteiger partial charge >= 0.3 is 0 Å². The quantitative estimate of drug-likeness (QED) is 0.781. The minimum Gasteiger partial charge on any atom is -0.491 e. The Morgan fingerprint density at radius 2 is 1.81 bits per heavy atom. The van der Waals surface area contributed by atoms with Gasteiger partial charge in [0, 0.05) is 11.4 Å². The molecule has 2 rings (SSSR count). The predicted molar refractivity (Wildman–Crippen MR) is 89.3 cm³/mol. The first kappa shape index (κ1) is 15.7. The van der Waals surface area contributed by atoms with Crippen molar-refractivity contribution >= 4 is 35.0 Å². The highest BCUT2D eigenvalue weighted by molar-refractivity contribution is 7.99. The van der Waals surface area contributed by atoms with Crippen LogP contribution in [0.25, 0.3) is 0 Å². The minimum atomic E-state index is -0.0102. The number of hydrogen-bond donors (Lipinski definition) is 1. The Labute approximate surface area is 133 Å². The summed E-state index contributed by atoms with van der Waals surface area (Å²) in [6.45, 7) is 0.521. The van der Waals surface area contributed by atoms with E-state index in [0.717, 1.165) is 11.4 Å². The van der Waals surface area contributed by atoms with Crippen LogP contribution in [0.5, 0.6) is 5.75 Å². The van der Waals surface area contributed by atoms with Gasteiger partial charge in [0.15, 0.2) is 0 Å². The zero-order chi connectivity index (χ0) is 14.9. The van der Waals surface area contributed by atoms with E-state index < -0.39 is 0 Å². The number of para-hydroxylation sites is 2. The molecule has 0 saturated heterocycles. The van der Waals surface area contributed by atoms with Gasteiger partial charge in [-0.25, -0.2) is 0 Å². The molecule has 0 atom stereocenters. The molecule has 0 aliphatic rings. The van der Waals surface area contributed by atoms with Gasteiger partial charge in [-0.05, 0) is 24.3 Å². The summed E-state index contributed by atoms with van der Waals surface area (Å²) < 4.78 is 5.55. The molecule has 0 unspecified atom stereocenters. The molecule has 5 heteroatoms. The van der Waals surface area contributed by atoms with Crippen LogP contribution >= 0.6 is 23.4 Å². The molecule has 1 N–H and O–H groups in total. The number of ether oxygens (including phenoxy) is 1. The van der Waals surface area contributed by atoms with E-state index in [4.69, 9.17) is 16.3 Å². The highest BCUT2D eigenvalue weighted by Crippen LogP contribution is 2.23. The fourth-order valence-corrected chi connectivity index (χ4v) is 2.45. The van der Waals surface area contributed by atoms with E-state index in [-0.39, 0.29) is 5.91 Å². The second-order valence-corrected chi connectivity index (χ2v) is 5.76. The van der Waals surface area contributed by atoms with E-state index in [1.165, 1.54) is 11.8 Å². The molecule has 0 radical (unpaired) electrons. The van der Waals surface area contributed by atoms with Crippen LogP contribution in [0.2, 0.25) is 5.02 Å². The second kappa shape index (κ2) is 8.60. The Kier molecular flexibility index (Phi) is 6.44. The van der Waals surface area contributed by atoms with E-state index >= 15 is 0 Å². The molecule has 0 spiro atoms. The zero-order valence-electron chi connectivity index (χ0n) is 11.4. The lowest BCUT2D eigenvalue weighted by atomic mass is 10.3. The van der Waals surface area contributed by atoms with Crippen molar-refractivity contribution in [1.82, 2.24) is 0 Å². The molecule has 1 amide bonds. The van der Waals surface area contributed by atoms with Gasteiger partial charge in [0.2, 0.25) is 5.91 Å². The summed E-state index contributed by atoms with van der Waals surface area (Å²) in [5, 5.41) is 3.44. The standard InChI is InChI=1S/C16H16ClNO2S/c17-14-8-4-5-9-15(14)20-10-11-21-12-16(19)18-13-6-2-1-3-7-13/h1-9H,10-12H2,(H,18,19). The van der Waals surface area contributed by atoms with Crippen LogP contribution in [-0.2, 0) is 4.79 Å². The molecular weight excluding hydrogens is 306 g/mol. The van der Waals surface area contributed by atoms with Crippen LogP contribution in [0.4, 0.5) is 5.69 Å². The van der Waals surface area contributed by atoms with Crippen LogP contribution in [-0.4, -0.2) is 24.0 Å². The normalized spacial score (nSPS) is 10.1. The third-order valence-electron chi connectivity index (χ3n) is 2.61. The summed E-state index contributed by atoms with van der Waals surface area (Å²) in [7, 11) is 0. The van der Waals surface area contributed by atoms with Gasteiger partial charge in [-0.2, -0.15) is 0 Å². The number of anilines is 1. The Morgan fingerprint density at radius 3 is 2.57 bits per heavy atom. The number of rotatable bonds is 7. The molecule has 2 aromatic rings. The highest BCUT2D eigenvalue weighted by atomic mass is 35.5. The van der Waals surface area contributed by atoms with Crippen LogP contribution in [0, 0.1) is 0 Å². The van der Waals surface area contributed by atoms with E-state index in [1.54, 1.807) is 6.07 Å². The summed E-state index contributed by atoms with van der Waals surface area (Å²) in [4.78, 5) is 11.7. The van der Waals surface area contributed by atoms with Gasteiger partial charge in [0.1, 0.15) is 5.75 Å². The van der Waals surface area contributed by atoms with Gasteiger partial charge in [0.05, 0.1) is 17.4 Å². The minimum absolute atomic E-state index is 0.0102. The van der Waals surface area contributed by atoms with E-state index in [1.807, 2.05) is 48.5 Å². The van der Waals surface area contributed by atoms with E-state index in [2.05, 4.69) is 5.32 Å². The molecule has 0 heterocycles. The van der Waals surface area contributed by atoms with Gasteiger partial charge in [-0.3, -0.25) is 4.79 Å². The number of hydrogen-bond acceptors (Lipinski definition) is 3. The van der Waals surface area contributed by atoms with Gasteiger partial charge < -0.3 is 10.1 Å². The van der Waals surface area contributed by atoms with Gasteiger partial charge in [0.25, 0.3) is 0 Å². The molecule has 0 bridgehead atoms. The molecule has 2 aromatic carbocycles. The van der Waals surface area contributed by atoms with Crippen molar-refractivity contribution in [3.8, 4) is 5.75 Å². The fourth-order valence-electron chi connectivity index (χ4n) is 1.66. The van der Waals surface area contributed by atoms with Gasteiger partial charge in [-0.1, -0.05) is 41.9 Å². The number of halogens is 1. The lowest BCUT2D eigenvalue weighted by molar-refractivity contribution is -0.113. The molecule has 0 aromatic heterocycles. The van der Waals surface area contributed by atoms with Crippen LogP contribution < -0.4 is 10.1 Å². The molecule has 0 fully saturated rings. The number of carbonyl (C=O) groups is 1. The number of nitrogens with one attached hydrogen (secondary N) is 1. The van der Waals surface area contributed by atoms with Crippen molar-refractivity contribution in [3.63, 3.8) is 0 Å². The molecule has 0 saturated carbocycles. The first-order valence-corrected chi connectivity index (χ1v) is 8.09. The molecule has 110 valence electrons. The maximum atomic E-state index is 11.7. The third kappa shape index (κ3) is 5.69. The smallest absolute Gasteiger partial charge is 0.234 e. The number of carbonyl (C=O) groups excluding carboxylic acids is 1. The molecule has 3 nitrogen and oxygen atoms in total. The predicted octanol–water partition coefficient (Wildman–Crippen LogP) is 4.09. The Bertz CT molecular complexity index is 577. The maximum absolute atomic E-state index is 11.7. The zero-order valence-corrected chi connectivity index (χ0v) is 13.0. The lowest BCUT2D eigenvalue weighted by Crippen LogP contribution is -2.15. The fraction of sp³-hybridized carbons (Fsp3) is 0.188. The second-order valence-electron chi connectivity index (χ2n) is 4.25. The summed E-state index contributed by atoms with van der Waals surface area (Å²) >= 11 is 7.51. The number of thioether (sulfide) groups is 1. The summed E-state index contributed by atoms with van der Waals surface area (Å²) in [5.41, 5.74) is 0.815. The lowest BCUT2D eigenvalue weighted by Gasteiger charge is -2.08. The average Bonchev–Trinajstić information content (AvgIpc) is 2.50. The van der Waals surface area contributed by atoms with Crippen molar-refractivity contribution in [2.75, 3.05) is 23.4 Å². The van der Waals surface area contributed by atoms with Crippen molar-refractivity contribution in [2.24, 2.45) is 0 Å². The molecule has 0 aliphatic heterocycles. The molecule has 0 aliphatic carbocycles. The molecule has 21 heavy (non-hydrogen) atoms. The maximum Gasteiger partial charge on any atom is 0.234 e. The van der Waals surface area contributed by atoms with Crippen molar-refractivity contribution < 1.29 is 9.53 Å². The van der Waals surface area contributed by atoms with Crippen LogP contribution in [0.15, 0.2) is 54.6 Å². The Morgan fingerprint density at radius 1 is 1.10 bits per heavy atom. The monoisotopic (exact) mass is 321 g/mol. The highest BCUT2D eigenvalue weighted by Gasteiger charge is 2.03. The first-order valence-electron chi connectivity index (χ1n) is 6.55. The SMILES string of the molecule is O=C(CSCCOc1ccccc1Cl)Nc1ccccc1. The Hall–Kier alpha value is -1.65. The summed E-state index contributed by atoms with van der Waals surface area (Å²) in [6.07, 6.45) is 0. The topological polar surface area (TPSA) is 38.3 Å². The van der Waals surface area contributed by atoms with Crippen molar-refractivity contribution in [1.29, 1.82) is 0 Å². The number of amides is 1. The summed E-state index contributed by atoms with van der Waals surface area (Å²) in [5.74, 6) is 1.80. The van der Waals surface area contributed by atoms with Gasteiger partial charge in [-0.15, -0.1) is 11.8 Å².